The fourth-order valence-electron chi connectivity index (χ4n) is 2.87. The summed E-state index contributed by atoms with van der Waals surface area (Å²) in [5.74, 6) is 2.01. The van der Waals surface area contributed by atoms with E-state index in [1.54, 1.807) is 0 Å². The van der Waals surface area contributed by atoms with Gasteiger partial charge in [-0.2, -0.15) is 0 Å². The summed E-state index contributed by atoms with van der Waals surface area (Å²) >= 11 is 0. The quantitative estimate of drug-likeness (QED) is 0.841. The Hall–Kier alpha value is -1.33. The zero-order valence-electron chi connectivity index (χ0n) is 13.9. The third-order valence-electron chi connectivity index (χ3n) is 4.21. The fraction of sp³-hybridized carbons (Fsp3) is 0.706. The molecule has 1 saturated heterocycles. The summed E-state index contributed by atoms with van der Waals surface area (Å²) in [5, 5.41) is 3.09. The van der Waals surface area contributed by atoms with Gasteiger partial charge in [-0.05, 0) is 25.5 Å². The van der Waals surface area contributed by atoms with Crippen LogP contribution in [0.1, 0.15) is 44.3 Å². The molecule has 2 heterocycles. The summed E-state index contributed by atoms with van der Waals surface area (Å²) in [7, 11) is 0. The van der Waals surface area contributed by atoms with Gasteiger partial charge >= 0.3 is 0 Å². The summed E-state index contributed by atoms with van der Waals surface area (Å²) in [6.07, 6.45) is 1.95. The fourth-order valence-corrected chi connectivity index (χ4v) is 2.87. The van der Waals surface area contributed by atoms with Crippen molar-refractivity contribution in [3.63, 3.8) is 0 Å². The largest absolute Gasteiger partial charge is 0.465 e. The number of aryl methyl sites for hydroxylation is 1. The minimum absolute atomic E-state index is 0.0636. The summed E-state index contributed by atoms with van der Waals surface area (Å²) in [5.41, 5.74) is 0. The van der Waals surface area contributed by atoms with E-state index in [1.165, 1.54) is 0 Å². The summed E-state index contributed by atoms with van der Waals surface area (Å²) in [4.78, 5) is 14.5. The zero-order chi connectivity index (χ0) is 15.9. The summed E-state index contributed by atoms with van der Waals surface area (Å²) < 4.78 is 11.2. The maximum Gasteiger partial charge on any atom is 0.222 e. The third kappa shape index (κ3) is 4.58. The van der Waals surface area contributed by atoms with E-state index in [4.69, 9.17) is 9.15 Å². The Labute approximate surface area is 133 Å². The minimum Gasteiger partial charge on any atom is -0.465 e. The standard InChI is InChI=1S/C17H28N2O3/c1-4-5-13(2)17(20)18-12-15(16-7-6-14(3)22-16)19-8-10-21-11-9-19/h6-7,13,15H,4-5,8-12H2,1-3H3,(H,18,20). The predicted octanol–water partition coefficient (Wildman–Crippen LogP) is 2.51. The number of amides is 1. The maximum atomic E-state index is 12.2. The van der Waals surface area contributed by atoms with Gasteiger partial charge in [0.2, 0.25) is 5.91 Å². The third-order valence-corrected chi connectivity index (χ3v) is 4.21. The van der Waals surface area contributed by atoms with Gasteiger partial charge in [0.05, 0.1) is 19.3 Å². The second-order valence-electron chi connectivity index (χ2n) is 6.05. The number of rotatable bonds is 7. The number of hydrogen-bond donors (Lipinski definition) is 1. The van der Waals surface area contributed by atoms with Crippen LogP contribution in [-0.4, -0.2) is 43.7 Å². The molecule has 1 aromatic heterocycles. The number of ether oxygens (including phenoxy) is 1. The van der Waals surface area contributed by atoms with E-state index in [-0.39, 0.29) is 17.9 Å². The topological polar surface area (TPSA) is 54.7 Å². The Morgan fingerprint density at radius 2 is 2.09 bits per heavy atom. The number of morpholine rings is 1. The van der Waals surface area contributed by atoms with Gasteiger partial charge in [0.1, 0.15) is 11.5 Å². The average Bonchev–Trinajstić information content (AvgIpc) is 2.95. The van der Waals surface area contributed by atoms with Crippen molar-refractivity contribution in [3.8, 4) is 0 Å². The van der Waals surface area contributed by atoms with E-state index < -0.39 is 0 Å². The molecule has 1 amide bonds. The van der Waals surface area contributed by atoms with Crippen LogP contribution in [0.15, 0.2) is 16.5 Å². The van der Waals surface area contributed by atoms with Crippen LogP contribution in [0, 0.1) is 12.8 Å². The molecule has 5 nitrogen and oxygen atoms in total. The normalized spacial score (nSPS) is 18.9. The second-order valence-corrected chi connectivity index (χ2v) is 6.05. The smallest absolute Gasteiger partial charge is 0.222 e. The van der Waals surface area contributed by atoms with Crippen LogP contribution in [0.25, 0.3) is 0 Å². The van der Waals surface area contributed by atoms with Gasteiger partial charge in [-0.25, -0.2) is 0 Å². The first-order valence-electron chi connectivity index (χ1n) is 8.27. The molecule has 0 bridgehead atoms. The van der Waals surface area contributed by atoms with Crippen molar-refractivity contribution in [2.24, 2.45) is 5.92 Å². The second kappa shape index (κ2) is 8.34. The number of hydrogen-bond acceptors (Lipinski definition) is 4. The average molecular weight is 308 g/mol. The summed E-state index contributed by atoms with van der Waals surface area (Å²) in [6, 6.07) is 4.07. The van der Waals surface area contributed by atoms with Gasteiger partial charge in [0, 0.05) is 25.6 Å². The molecular formula is C17H28N2O3. The summed E-state index contributed by atoms with van der Waals surface area (Å²) in [6.45, 7) is 9.82. The molecule has 124 valence electrons. The molecule has 2 atom stereocenters. The van der Waals surface area contributed by atoms with Crippen LogP contribution in [0.2, 0.25) is 0 Å². The van der Waals surface area contributed by atoms with E-state index >= 15 is 0 Å². The van der Waals surface area contributed by atoms with Gasteiger partial charge in [-0.3, -0.25) is 9.69 Å². The van der Waals surface area contributed by atoms with Crippen LogP contribution in [0.5, 0.6) is 0 Å². The molecule has 5 heteroatoms. The monoisotopic (exact) mass is 308 g/mol. The highest BCUT2D eigenvalue weighted by Gasteiger charge is 2.26. The van der Waals surface area contributed by atoms with Crippen molar-refractivity contribution in [2.45, 2.75) is 39.7 Å². The van der Waals surface area contributed by atoms with E-state index in [0.717, 1.165) is 50.7 Å². The van der Waals surface area contributed by atoms with Crippen molar-refractivity contribution < 1.29 is 13.9 Å². The van der Waals surface area contributed by atoms with Gasteiger partial charge in [-0.15, -0.1) is 0 Å². The van der Waals surface area contributed by atoms with E-state index in [9.17, 15) is 4.79 Å². The maximum absolute atomic E-state index is 12.2. The van der Waals surface area contributed by atoms with E-state index in [0.29, 0.717) is 6.54 Å². The highest BCUT2D eigenvalue weighted by atomic mass is 16.5. The highest BCUT2D eigenvalue weighted by molar-refractivity contribution is 5.78. The number of nitrogens with zero attached hydrogens (tertiary/aromatic N) is 1. The Kier molecular flexibility index (Phi) is 6.46. The molecule has 1 aliphatic heterocycles. The predicted molar refractivity (Wildman–Crippen MR) is 85.7 cm³/mol. The molecular weight excluding hydrogens is 280 g/mol. The van der Waals surface area contributed by atoms with Crippen molar-refractivity contribution >= 4 is 5.91 Å². The van der Waals surface area contributed by atoms with Gasteiger partial charge in [0.25, 0.3) is 0 Å². The number of carbonyl (C=O) groups is 1. The SMILES string of the molecule is CCCC(C)C(=O)NCC(c1ccc(C)o1)N1CCOCC1. The zero-order valence-corrected chi connectivity index (χ0v) is 13.9. The van der Waals surface area contributed by atoms with Crippen molar-refractivity contribution in [2.75, 3.05) is 32.8 Å². The lowest BCUT2D eigenvalue weighted by molar-refractivity contribution is -0.125. The first-order chi connectivity index (χ1) is 10.6. The number of furan rings is 1. The first kappa shape index (κ1) is 17.0. The molecule has 0 saturated carbocycles. The minimum atomic E-state index is 0.0636. The number of carbonyl (C=O) groups excluding carboxylic acids is 1. The molecule has 1 N–H and O–H groups in total. The molecule has 22 heavy (non-hydrogen) atoms. The van der Waals surface area contributed by atoms with Gasteiger partial charge in [-0.1, -0.05) is 20.3 Å². The van der Waals surface area contributed by atoms with E-state index in [1.807, 2.05) is 26.0 Å². The van der Waals surface area contributed by atoms with Gasteiger partial charge in [0.15, 0.2) is 0 Å². The van der Waals surface area contributed by atoms with Gasteiger partial charge < -0.3 is 14.5 Å². The van der Waals surface area contributed by atoms with Crippen LogP contribution >= 0.6 is 0 Å². The Balaban J connectivity index is 2.00. The Bertz CT molecular complexity index is 466. The van der Waals surface area contributed by atoms with Crippen molar-refractivity contribution in [3.05, 3.63) is 23.7 Å². The molecule has 2 unspecified atom stereocenters. The molecule has 0 aliphatic carbocycles. The highest BCUT2D eigenvalue weighted by Crippen LogP contribution is 2.23. The first-order valence-corrected chi connectivity index (χ1v) is 8.27. The molecule has 0 radical (unpaired) electrons. The van der Waals surface area contributed by atoms with Crippen LogP contribution in [-0.2, 0) is 9.53 Å². The van der Waals surface area contributed by atoms with Crippen molar-refractivity contribution in [1.29, 1.82) is 0 Å². The lowest BCUT2D eigenvalue weighted by Crippen LogP contribution is -2.44. The van der Waals surface area contributed by atoms with Crippen LogP contribution in [0.4, 0.5) is 0 Å². The molecule has 2 rings (SSSR count). The van der Waals surface area contributed by atoms with Crippen LogP contribution in [0.3, 0.4) is 0 Å². The Morgan fingerprint density at radius 1 is 1.36 bits per heavy atom. The molecule has 1 aliphatic rings. The molecule has 1 aromatic rings. The Morgan fingerprint density at radius 3 is 2.68 bits per heavy atom. The molecule has 0 aromatic carbocycles. The van der Waals surface area contributed by atoms with E-state index in [2.05, 4.69) is 17.1 Å². The molecule has 0 spiro atoms. The lowest BCUT2D eigenvalue weighted by atomic mass is 10.1. The molecule has 1 fully saturated rings. The number of nitrogens with one attached hydrogen (secondary N) is 1. The lowest BCUT2D eigenvalue weighted by Gasteiger charge is -2.33. The van der Waals surface area contributed by atoms with Crippen molar-refractivity contribution in [1.82, 2.24) is 10.2 Å². The van der Waals surface area contributed by atoms with Crippen LogP contribution < -0.4 is 5.32 Å².